The lowest BCUT2D eigenvalue weighted by Gasteiger charge is -2.07. The SMILES string of the molecule is O=C(N=Nc1c(O)[nH]c2ccc(F)cc12)c1cc(-c2ccc(F)cc2)nc2ccccc12. The van der Waals surface area contributed by atoms with Gasteiger partial charge in [-0.05, 0) is 54.6 Å². The molecule has 32 heavy (non-hydrogen) atoms. The number of nitrogens with zero attached hydrogens (tertiary/aromatic N) is 3. The van der Waals surface area contributed by atoms with E-state index in [1.807, 2.05) is 0 Å². The fourth-order valence-electron chi connectivity index (χ4n) is 3.51. The predicted molar refractivity (Wildman–Crippen MR) is 116 cm³/mol. The summed E-state index contributed by atoms with van der Waals surface area (Å²) in [6.45, 7) is 0. The zero-order valence-corrected chi connectivity index (χ0v) is 16.4. The molecule has 0 saturated carbocycles. The molecule has 1 amide bonds. The number of H-pyrrole nitrogens is 1. The number of rotatable bonds is 3. The number of amides is 1. The van der Waals surface area contributed by atoms with Gasteiger partial charge in [0, 0.05) is 16.3 Å². The number of para-hydroxylation sites is 1. The van der Waals surface area contributed by atoms with E-state index in [1.54, 1.807) is 42.5 Å². The van der Waals surface area contributed by atoms with E-state index < -0.39 is 11.7 Å². The largest absolute Gasteiger partial charge is 0.493 e. The van der Waals surface area contributed by atoms with Crippen molar-refractivity contribution in [1.82, 2.24) is 9.97 Å². The normalized spacial score (nSPS) is 11.6. The molecule has 2 N–H and O–H groups in total. The Hall–Kier alpha value is -4.46. The van der Waals surface area contributed by atoms with Crippen LogP contribution in [0.4, 0.5) is 14.5 Å². The maximum absolute atomic E-state index is 13.6. The van der Waals surface area contributed by atoms with Crippen LogP contribution in [0.5, 0.6) is 5.88 Å². The summed E-state index contributed by atoms with van der Waals surface area (Å²) in [6, 6.07) is 18.3. The lowest BCUT2D eigenvalue weighted by atomic mass is 10.0. The molecule has 0 spiro atoms. The van der Waals surface area contributed by atoms with E-state index in [2.05, 4.69) is 20.2 Å². The van der Waals surface area contributed by atoms with E-state index in [-0.39, 0.29) is 22.9 Å². The van der Waals surface area contributed by atoms with E-state index in [0.29, 0.717) is 33.1 Å². The first-order valence-electron chi connectivity index (χ1n) is 9.61. The van der Waals surface area contributed by atoms with E-state index >= 15 is 0 Å². The van der Waals surface area contributed by atoms with E-state index in [9.17, 15) is 18.7 Å². The summed E-state index contributed by atoms with van der Waals surface area (Å²) in [5, 5.41) is 18.6. The average molecular weight is 428 g/mol. The van der Waals surface area contributed by atoms with Crippen LogP contribution < -0.4 is 0 Å². The molecule has 0 aliphatic rings. The van der Waals surface area contributed by atoms with Crippen LogP contribution in [0.15, 0.2) is 83.0 Å². The van der Waals surface area contributed by atoms with Gasteiger partial charge < -0.3 is 10.1 Å². The summed E-state index contributed by atoms with van der Waals surface area (Å²) in [4.78, 5) is 20.2. The summed E-state index contributed by atoms with van der Waals surface area (Å²) in [6.07, 6.45) is 0. The van der Waals surface area contributed by atoms with Crippen LogP contribution in [0.1, 0.15) is 10.4 Å². The lowest BCUT2D eigenvalue weighted by Crippen LogP contribution is -1.99. The average Bonchev–Trinajstić information content (AvgIpc) is 3.11. The van der Waals surface area contributed by atoms with Gasteiger partial charge in [-0.3, -0.25) is 4.79 Å². The number of fused-ring (bicyclic) bond motifs is 2. The van der Waals surface area contributed by atoms with Gasteiger partial charge in [-0.25, -0.2) is 13.8 Å². The summed E-state index contributed by atoms with van der Waals surface area (Å²) >= 11 is 0. The van der Waals surface area contributed by atoms with E-state index in [0.717, 1.165) is 0 Å². The Labute approximate surface area is 179 Å². The molecular weight excluding hydrogens is 414 g/mol. The van der Waals surface area contributed by atoms with Crippen LogP contribution in [0.2, 0.25) is 0 Å². The van der Waals surface area contributed by atoms with Crippen molar-refractivity contribution in [3.8, 4) is 17.1 Å². The van der Waals surface area contributed by atoms with Gasteiger partial charge in [-0.2, -0.15) is 0 Å². The van der Waals surface area contributed by atoms with Gasteiger partial charge in [-0.1, -0.05) is 18.2 Å². The molecule has 0 aliphatic heterocycles. The second kappa shape index (κ2) is 7.66. The zero-order chi connectivity index (χ0) is 22.2. The number of benzene rings is 3. The number of pyridine rings is 1. The molecule has 2 heterocycles. The van der Waals surface area contributed by atoms with Crippen LogP contribution in [0.3, 0.4) is 0 Å². The molecule has 0 bridgehead atoms. The first kappa shape index (κ1) is 19.5. The standard InChI is InChI=1S/C24H14F2N4O2/c25-14-7-5-13(6-8-14)21-12-17(16-3-1-2-4-19(16)27-21)23(31)30-29-22-18-11-15(26)9-10-20(18)28-24(22)32/h1-12,28,32H. The van der Waals surface area contributed by atoms with Crippen molar-refractivity contribution in [2.75, 3.05) is 0 Å². The molecule has 0 saturated heterocycles. The van der Waals surface area contributed by atoms with Gasteiger partial charge in [-0.15, -0.1) is 10.2 Å². The number of aromatic nitrogens is 2. The van der Waals surface area contributed by atoms with Crippen molar-refractivity contribution >= 4 is 33.4 Å². The van der Waals surface area contributed by atoms with Gasteiger partial charge in [0.25, 0.3) is 5.91 Å². The Morgan fingerprint density at radius 1 is 0.906 bits per heavy atom. The van der Waals surface area contributed by atoms with Crippen LogP contribution in [0.25, 0.3) is 33.1 Å². The highest BCUT2D eigenvalue weighted by Gasteiger charge is 2.16. The fourth-order valence-corrected chi connectivity index (χ4v) is 3.51. The maximum Gasteiger partial charge on any atom is 0.296 e. The van der Waals surface area contributed by atoms with E-state index in [4.69, 9.17) is 0 Å². The third kappa shape index (κ3) is 3.47. The molecule has 0 atom stereocenters. The molecule has 3 aromatic carbocycles. The van der Waals surface area contributed by atoms with Gasteiger partial charge in [0.1, 0.15) is 11.6 Å². The number of hydrogen-bond donors (Lipinski definition) is 2. The van der Waals surface area contributed by atoms with Crippen molar-refractivity contribution in [2.24, 2.45) is 10.2 Å². The van der Waals surface area contributed by atoms with E-state index in [1.165, 1.54) is 30.3 Å². The molecule has 2 aromatic heterocycles. The van der Waals surface area contributed by atoms with Gasteiger partial charge in [0.05, 0.1) is 22.3 Å². The Kier molecular flexibility index (Phi) is 4.67. The molecule has 8 heteroatoms. The first-order valence-corrected chi connectivity index (χ1v) is 9.61. The Balaban J connectivity index is 1.60. The van der Waals surface area contributed by atoms with Crippen molar-refractivity contribution in [3.05, 3.63) is 90.0 Å². The molecule has 5 rings (SSSR count). The third-order valence-electron chi connectivity index (χ3n) is 5.04. The first-order chi connectivity index (χ1) is 15.5. The second-order valence-electron chi connectivity index (χ2n) is 7.10. The topological polar surface area (TPSA) is 90.7 Å². The summed E-state index contributed by atoms with van der Waals surface area (Å²) in [5.41, 5.74) is 2.32. The molecule has 6 nitrogen and oxygen atoms in total. The zero-order valence-electron chi connectivity index (χ0n) is 16.4. The highest BCUT2D eigenvalue weighted by atomic mass is 19.1. The molecule has 156 valence electrons. The van der Waals surface area contributed by atoms with Crippen molar-refractivity contribution in [1.29, 1.82) is 0 Å². The molecule has 0 fully saturated rings. The monoisotopic (exact) mass is 428 g/mol. The van der Waals surface area contributed by atoms with Crippen molar-refractivity contribution in [2.45, 2.75) is 0 Å². The molecule has 0 aliphatic carbocycles. The van der Waals surface area contributed by atoms with Crippen molar-refractivity contribution < 1.29 is 18.7 Å². The maximum atomic E-state index is 13.6. The van der Waals surface area contributed by atoms with Gasteiger partial charge in [0.15, 0.2) is 5.69 Å². The fraction of sp³-hybridized carbons (Fsp3) is 0. The minimum Gasteiger partial charge on any atom is -0.493 e. The Morgan fingerprint density at radius 2 is 1.66 bits per heavy atom. The summed E-state index contributed by atoms with van der Waals surface area (Å²) in [5.74, 6) is -1.89. The Bertz CT molecular complexity index is 1530. The smallest absolute Gasteiger partial charge is 0.296 e. The number of hydrogen-bond acceptors (Lipinski definition) is 4. The van der Waals surface area contributed by atoms with Crippen LogP contribution in [-0.2, 0) is 0 Å². The number of nitrogens with one attached hydrogen (secondary N) is 1. The molecular formula is C24H14F2N4O2. The minimum atomic E-state index is -0.669. The number of carbonyl (C=O) groups is 1. The number of carbonyl (C=O) groups excluding carboxylic acids is 1. The quantitative estimate of drug-likeness (QED) is 0.331. The van der Waals surface area contributed by atoms with Crippen LogP contribution in [-0.4, -0.2) is 21.0 Å². The number of aromatic amines is 1. The van der Waals surface area contributed by atoms with Gasteiger partial charge >= 0.3 is 0 Å². The summed E-state index contributed by atoms with van der Waals surface area (Å²) in [7, 11) is 0. The molecule has 0 unspecified atom stereocenters. The van der Waals surface area contributed by atoms with Crippen LogP contribution >= 0.6 is 0 Å². The minimum absolute atomic E-state index is 0.0371. The third-order valence-corrected chi connectivity index (χ3v) is 5.04. The molecule has 0 radical (unpaired) electrons. The second-order valence-corrected chi connectivity index (χ2v) is 7.10. The van der Waals surface area contributed by atoms with Crippen molar-refractivity contribution in [3.63, 3.8) is 0 Å². The number of halogens is 2. The lowest BCUT2D eigenvalue weighted by molar-refractivity contribution is 0.0996. The number of aromatic hydroxyl groups is 1. The highest BCUT2D eigenvalue weighted by Crippen LogP contribution is 2.36. The number of azo groups is 1. The predicted octanol–water partition coefficient (Wildman–Crippen LogP) is 6.29. The highest BCUT2D eigenvalue weighted by molar-refractivity contribution is 6.07. The van der Waals surface area contributed by atoms with Gasteiger partial charge in [0.2, 0.25) is 5.88 Å². The molecule has 5 aromatic rings. The van der Waals surface area contributed by atoms with Crippen LogP contribution in [0, 0.1) is 11.6 Å². The Morgan fingerprint density at radius 3 is 2.47 bits per heavy atom. The summed E-state index contributed by atoms with van der Waals surface area (Å²) < 4.78 is 26.9.